The highest BCUT2D eigenvalue weighted by Gasteiger charge is 2.27. The number of hydrogen-bond acceptors (Lipinski definition) is 4. The van der Waals surface area contributed by atoms with Crippen LogP contribution in [0.2, 0.25) is 5.15 Å². The first-order valence-electron chi connectivity index (χ1n) is 6.74. The molecule has 0 aromatic carbocycles. The van der Waals surface area contributed by atoms with Crippen molar-refractivity contribution >= 4 is 11.6 Å². The van der Waals surface area contributed by atoms with Crippen LogP contribution in [0.15, 0.2) is 0 Å². The fraction of sp³-hybridized carbons (Fsp3) is 0.769. The van der Waals surface area contributed by atoms with Gasteiger partial charge >= 0.3 is 0 Å². The SMILES string of the molecule is CCNC(Cc1c(C)nn(C)c1Cl)C1COCCO1. The average Bonchev–Trinajstić information content (AvgIpc) is 2.65. The second-order valence-electron chi connectivity index (χ2n) is 4.83. The molecule has 0 saturated carbocycles. The third kappa shape index (κ3) is 3.48. The third-order valence-corrected chi connectivity index (χ3v) is 3.92. The molecule has 1 aromatic rings. The standard InChI is InChI=1S/C13H22ClN3O2/c1-4-15-11(12-8-18-5-6-19-12)7-10-9(2)16-17(3)13(10)14/h11-12,15H,4-8H2,1-3H3. The molecule has 6 heteroatoms. The lowest BCUT2D eigenvalue weighted by Gasteiger charge is -2.31. The van der Waals surface area contributed by atoms with E-state index in [0.717, 1.165) is 24.2 Å². The molecule has 5 nitrogen and oxygen atoms in total. The Labute approximate surface area is 119 Å². The van der Waals surface area contributed by atoms with Gasteiger partial charge in [-0.25, -0.2) is 0 Å². The first-order valence-corrected chi connectivity index (χ1v) is 7.12. The normalized spacial score (nSPS) is 21.6. The maximum atomic E-state index is 6.30. The van der Waals surface area contributed by atoms with E-state index in [1.54, 1.807) is 4.68 Å². The number of likely N-dealkylation sites (N-methyl/N-ethyl adjacent to an activating group) is 1. The summed E-state index contributed by atoms with van der Waals surface area (Å²) in [6, 6.07) is 0.200. The molecule has 1 N–H and O–H groups in total. The summed E-state index contributed by atoms with van der Waals surface area (Å²) in [5, 5.41) is 8.52. The van der Waals surface area contributed by atoms with E-state index < -0.39 is 0 Å². The Balaban J connectivity index is 2.11. The van der Waals surface area contributed by atoms with Crippen molar-refractivity contribution in [1.82, 2.24) is 15.1 Å². The molecule has 1 saturated heterocycles. The minimum absolute atomic E-state index is 0.0735. The molecule has 2 heterocycles. The summed E-state index contributed by atoms with van der Waals surface area (Å²) in [5.41, 5.74) is 2.07. The molecule has 19 heavy (non-hydrogen) atoms. The summed E-state index contributed by atoms with van der Waals surface area (Å²) < 4.78 is 13.0. The first-order chi connectivity index (χ1) is 9.13. The fourth-order valence-electron chi connectivity index (χ4n) is 2.46. The van der Waals surface area contributed by atoms with Gasteiger partial charge in [-0.05, 0) is 19.9 Å². The van der Waals surface area contributed by atoms with Crippen LogP contribution in [-0.2, 0) is 22.9 Å². The molecule has 1 aromatic heterocycles. The van der Waals surface area contributed by atoms with E-state index in [9.17, 15) is 0 Å². The Hall–Kier alpha value is -0.620. The molecule has 1 aliphatic heterocycles. The van der Waals surface area contributed by atoms with E-state index in [2.05, 4.69) is 17.3 Å². The average molecular weight is 288 g/mol. The van der Waals surface area contributed by atoms with Gasteiger partial charge in [0.2, 0.25) is 0 Å². The second kappa shape index (κ2) is 6.70. The Morgan fingerprint density at radius 2 is 2.32 bits per heavy atom. The van der Waals surface area contributed by atoms with Crippen molar-refractivity contribution in [2.75, 3.05) is 26.4 Å². The highest BCUT2D eigenvalue weighted by molar-refractivity contribution is 6.30. The van der Waals surface area contributed by atoms with Gasteiger partial charge in [0.25, 0.3) is 0 Å². The van der Waals surface area contributed by atoms with Gasteiger partial charge < -0.3 is 14.8 Å². The molecule has 1 aliphatic rings. The van der Waals surface area contributed by atoms with Gasteiger partial charge in [0.15, 0.2) is 0 Å². The van der Waals surface area contributed by atoms with Crippen molar-refractivity contribution in [3.8, 4) is 0 Å². The summed E-state index contributed by atoms with van der Waals surface area (Å²) >= 11 is 6.30. The van der Waals surface area contributed by atoms with Crippen LogP contribution in [-0.4, -0.2) is 48.3 Å². The highest BCUT2D eigenvalue weighted by atomic mass is 35.5. The molecule has 108 valence electrons. The summed E-state index contributed by atoms with van der Waals surface area (Å²) in [7, 11) is 1.86. The van der Waals surface area contributed by atoms with Gasteiger partial charge in [0.1, 0.15) is 5.15 Å². The van der Waals surface area contributed by atoms with Gasteiger partial charge in [-0.2, -0.15) is 5.10 Å². The molecular formula is C13H22ClN3O2. The lowest BCUT2D eigenvalue weighted by Crippen LogP contribution is -2.48. The van der Waals surface area contributed by atoms with Crippen LogP contribution in [0.1, 0.15) is 18.2 Å². The molecular weight excluding hydrogens is 266 g/mol. The zero-order valence-electron chi connectivity index (χ0n) is 11.8. The lowest BCUT2D eigenvalue weighted by atomic mass is 10.0. The van der Waals surface area contributed by atoms with Crippen LogP contribution in [0, 0.1) is 6.92 Å². The minimum Gasteiger partial charge on any atom is -0.376 e. The lowest BCUT2D eigenvalue weighted by molar-refractivity contribution is -0.101. The van der Waals surface area contributed by atoms with Gasteiger partial charge in [-0.1, -0.05) is 18.5 Å². The van der Waals surface area contributed by atoms with Crippen LogP contribution in [0.3, 0.4) is 0 Å². The number of rotatable bonds is 5. The van der Waals surface area contributed by atoms with Crippen molar-refractivity contribution < 1.29 is 9.47 Å². The quantitative estimate of drug-likeness (QED) is 0.887. The summed E-state index contributed by atoms with van der Waals surface area (Å²) in [6.07, 6.45) is 0.879. The largest absolute Gasteiger partial charge is 0.376 e. The number of ether oxygens (including phenoxy) is 2. The number of nitrogens with one attached hydrogen (secondary N) is 1. The van der Waals surface area contributed by atoms with Crippen LogP contribution in [0.5, 0.6) is 0 Å². The highest BCUT2D eigenvalue weighted by Crippen LogP contribution is 2.22. The number of hydrogen-bond donors (Lipinski definition) is 1. The van der Waals surface area contributed by atoms with E-state index in [4.69, 9.17) is 21.1 Å². The summed E-state index contributed by atoms with van der Waals surface area (Å²) in [5.74, 6) is 0. The molecule has 2 unspecified atom stereocenters. The van der Waals surface area contributed by atoms with Crippen LogP contribution in [0.4, 0.5) is 0 Å². The van der Waals surface area contributed by atoms with Crippen LogP contribution < -0.4 is 5.32 Å². The van der Waals surface area contributed by atoms with Gasteiger partial charge in [-0.15, -0.1) is 0 Å². The Morgan fingerprint density at radius 1 is 1.53 bits per heavy atom. The maximum Gasteiger partial charge on any atom is 0.130 e. The monoisotopic (exact) mass is 287 g/mol. The molecule has 0 bridgehead atoms. The van der Waals surface area contributed by atoms with E-state index >= 15 is 0 Å². The first kappa shape index (κ1) is 14.8. The zero-order valence-corrected chi connectivity index (χ0v) is 12.5. The fourth-order valence-corrected chi connectivity index (χ4v) is 2.71. The van der Waals surface area contributed by atoms with Gasteiger partial charge in [0.05, 0.1) is 31.6 Å². The Bertz CT molecular complexity index is 416. The maximum absolute atomic E-state index is 6.30. The predicted octanol–water partition coefficient (Wildman–Crippen LogP) is 1.32. The van der Waals surface area contributed by atoms with E-state index in [1.807, 2.05) is 14.0 Å². The summed E-state index contributed by atoms with van der Waals surface area (Å²) in [4.78, 5) is 0. The number of nitrogens with zero attached hydrogens (tertiary/aromatic N) is 2. The second-order valence-corrected chi connectivity index (χ2v) is 5.19. The molecule has 0 amide bonds. The molecule has 0 radical (unpaired) electrons. The van der Waals surface area contributed by atoms with Crippen LogP contribution >= 0.6 is 11.6 Å². The van der Waals surface area contributed by atoms with E-state index in [-0.39, 0.29) is 12.1 Å². The number of aromatic nitrogens is 2. The van der Waals surface area contributed by atoms with Crippen molar-refractivity contribution in [2.45, 2.75) is 32.4 Å². The Kier molecular flexibility index (Phi) is 5.21. The van der Waals surface area contributed by atoms with E-state index in [0.29, 0.717) is 25.0 Å². The molecule has 2 atom stereocenters. The molecule has 2 rings (SSSR count). The van der Waals surface area contributed by atoms with E-state index in [1.165, 1.54) is 0 Å². The predicted molar refractivity (Wildman–Crippen MR) is 74.7 cm³/mol. The van der Waals surface area contributed by atoms with Crippen molar-refractivity contribution in [2.24, 2.45) is 7.05 Å². The summed E-state index contributed by atoms with van der Waals surface area (Å²) in [6.45, 7) is 6.95. The molecule has 0 aliphatic carbocycles. The number of aryl methyl sites for hydroxylation is 2. The zero-order chi connectivity index (χ0) is 13.8. The smallest absolute Gasteiger partial charge is 0.130 e. The van der Waals surface area contributed by atoms with Crippen molar-refractivity contribution in [3.63, 3.8) is 0 Å². The van der Waals surface area contributed by atoms with Gasteiger partial charge in [0, 0.05) is 18.7 Å². The molecule has 0 spiro atoms. The van der Waals surface area contributed by atoms with Crippen LogP contribution in [0.25, 0.3) is 0 Å². The Morgan fingerprint density at radius 3 is 2.84 bits per heavy atom. The molecule has 1 fully saturated rings. The van der Waals surface area contributed by atoms with Crippen molar-refractivity contribution in [1.29, 1.82) is 0 Å². The number of halogens is 1. The topological polar surface area (TPSA) is 48.3 Å². The minimum atomic E-state index is 0.0735. The van der Waals surface area contributed by atoms with Gasteiger partial charge in [-0.3, -0.25) is 4.68 Å². The third-order valence-electron chi connectivity index (χ3n) is 3.45. The van der Waals surface area contributed by atoms with Crippen molar-refractivity contribution in [3.05, 3.63) is 16.4 Å².